The Morgan fingerprint density at radius 2 is 1.87 bits per heavy atom. The number of benzene rings is 2. The largest absolute Gasteiger partial charge is 0.478 e. The van der Waals surface area contributed by atoms with Crippen LogP contribution >= 0.6 is 0 Å². The van der Waals surface area contributed by atoms with Gasteiger partial charge in [-0.05, 0) is 61.9 Å². The average molecular weight is 407 g/mol. The third kappa shape index (κ3) is 3.90. The van der Waals surface area contributed by atoms with E-state index in [9.17, 15) is 14.3 Å². The van der Waals surface area contributed by atoms with Crippen LogP contribution in [0.1, 0.15) is 62.9 Å². The number of rotatable bonds is 6. The summed E-state index contributed by atoms with van der Waals surface area (Å²) < 4.78 is 15.3. The molecule has 1 heterocycles. The maximum absolute atomic E-state index is 13.2. The Labute approximate surface area is 176 Å². The van der Waals surface area contributed by atoms with Gasteiger partial charge in [0.1, 0.15) is 5.82 Å². The highest BCUT2D eigenvalue weighted by atomic mass is 19.1. The Balaban J connectivity index is 1.62. The van der Waals surface area contributed by atoms with Gasteiger partial charge in [0.05, 0.1) is 5.56 Å². The van der Waals surface area contributed by atoms with Crippen molar-refractivity contribution in [1.82, 2.24) is 9.88 Å². The number of carboxylic acid groups (broad SMARTS) is 1. The summed E-state index contributed by atoms with van der Waals surface area (Å²) in [5.74, 6) is -1.18. The highest BCUT2D eigenvalue weighted by Gasteiger charge is 2.25. The third-order valence-electron chi connectivity index (χ3n) is 6.27. The van der Waals surface area contributed by atoms with Crippen molar-refractivity contribution in [3.63, 3.8) is 0 Å². The van der Waals surface area contributed by atoms with Gasteiger partial charge in [-0.15, -0.1) is 0 Å². The summed E-state index contributed by atoms with van der Waals surface area (Å²) in [7, 11) is 0. The molecule has 0 amide bonds. The number of halogens is 1. The quantitative estimate of drug-likeness (QED) is 0.595. The number of aryl methyl sites for hydroxylation is 1. The first kappa shape index (κ1) is 20.4. The summed E-state index contributed by atoms with van der Waals surface area (Å²) >= 11 is 0. The van der Waals surface area contributed by atoms with Gasteiger partial charge < -0.3 is 15.0 Å². The number of fused-ring (bicyclic) bond motifs is 1. The zero-order valence-corrected chi connectivity index (χ0v) is 17.4. The van der Waals surface area contributed by atoms with E-state index in [1.807, 2.05) is 18.4 Å². The first-order valence-electron chi connectivity index (χ1n) is 10.4. The molecule has 0 saturated carbocycles. The van der Waals surface area contributed by atoms with Crippen LogP contribution in [0.5, 0.6) is 0 Å². The fraction of sp³-hybridized carbons (Fsp3) is 0.320. The molecule has 1 aliphatic rings. The maximum Gasteiger partial charge on any atom is 0.337 e. The SMILES string of the molecule is Cc1c(CNC2CCCc3ccccc32)c(C(=O)O)c(C)n1Cc1ccc(F)cc1. The van der Waals surface area contributed by atoms with Crippen molar-refractivity contribution in [2.75, 3.05) is 0 Å². The molecule has 156 valence electrons. The molecule has 1 atom stereocenters. The van der Waals surface area contributed by atoms with E-state index in [2.05, 4.69) is 29.6 Å². The minimum atomic E-state index is -0.908. The first-order chi connectivity index (χ1) is 14.5. The van der Waals surface area contributed by atoms with Gasteiger partial charge in [0, 0.05) is 36.1 Å². The highest BCUT2D eigenvalue weighted by Crippen LogP contribution is 2.31. The summed E-state index contributed by atoms with van der Waals surface area (Å²) in [4.78, 5) is 12.1. The molecule has 0 spiro atoms. The van der Waals surface area contributed by atoms with Crippen molar-refractivity contribution in [3.05, 3.63) is 93.6 Å². The van der Waals surface area contributed by atoms with Crippen LogP contribution in [-0.2, 0) is 19.5 Å². The Morgan fingerprint density at radius 3 is 2.60 bits per heavy atom. The number of aromatic carboxylic acids is 1. The minimum Gasteiger partial charge on any atom is -0.478 e. The molecule has 1 unspecified atom stereocenters. The van der Waals surface area contributed by atoms with Crippen molar-refractivity contribution in [2.24, 2.45) is 0 Å². The Hall–Kier alpha value is -2.92. The van der Waals surface area contributed by atoms with E-state index in [0.717, 1.165) is 41.8 Å². The zero-order chi connectivity index (χ0) is 21.3. The van der Waals surface area contributed by atoms with Gasteiger partial charge in [0.15, 0.2) is 0 Å². The summed E-state index contributed by atoms with van der Waals surface area (Å²) in [6.07, 6.45) is 3.28. The molecular formula is C25H27FN2O2. The monoisotopic (exact) mass is 406 g/mol. The number of aromatic nitrogens is 1. The fourth-order valence-corrected chi connectivity index (χ4v) is 4.65. The second-order valence-electron chi connectivity index (χ2n) is 8.07. The molecule has 4 nitrogen and oxygen atoms in total. The zero-order valence-electron chi connectivity index (χ0n) is 17.4. The molecule has 4 rings (SSSR count). The number of hydrogen-bond donors (Lipinski definition) is 2. The molecule has 0 radical (unpaired) electrons. The van der Waals surface area contributed by atoms with Crippen LogP contribution < -0.4 is 5.32 Å². The summed E-state index contributed by atoms with van der Waals surface area (Å²) in [6, 6.07) is 15.1. The molecule has 3 aromatic rings. The molecule has 1 aromatic heterocycles. The number of nitrogens with one attached hydrogen (secondary N) is 1. The molecule has 0 saturated heterocycles. The van der Waals surface area contributed by atoms with Crippen molar-refractivity contribution in [3.8, 4) is 0 Å². The van der Waals surface area contributed by atoms with Crippen molar-refractivity contribution in [1.29, 1.82) is 0 Å². The second kappa shape index (κ2) is 8.44. The second-order valence-corrected chi connectivity index (χ2v) is 8.07. The lowest BCUT2D eigenvalue weighted by Crippen LogP contribution is -2.25. The van der Waals surface area contributed by atoms with Crippen LogP contribution in [0.3, 0.4) is 0 Å². The molecule has 2 aromatic carbocycles. The molecule has 0 aliphatic heterocycles. The molecule has 1 aliphatic carbocycles. The van der Waals surface area contributed by atoms with Gasteiger partial charge in [-0.2, -0.15) is 0 Å². The van der Waals surface area contributed by atoms with Gasteiger partial charge >= 0.3 is 5.97 Å². The normalized spacial score (nSPS) is 15.8. The average Bonchev–Trinajstić information content (AvgIpc) is 2.98. The smallest absolute Gasteiger partial charge is 0.337 e. The van der Waals surface area contributed by atoms with Crippen LogP contribution in [0.2, 0.25) is 0 Å². The summed E-state index contributed by atoms with van der Waals surface area (Å²) in [5, 5.41) is 13.5. The Kier molecular flexibility index (Phi) is 5.73. The van der Waals surface area contributed by atoms with Crippen molar-refractivity contribution in [2.45, 2.75) is 52.2 Å². The molecule has 5 heteroatoms. The van der Waals surface area contributed by atoms with Crippen LogP contribution in [0.4, 0.5) is 4.39 Å². The van der Waals surface area contributed by atoms with Crippen LogP contribution in [-0.4, -0.2) is 15.6 Å². The molecule has 0 bridgehead atoms. The Bertz CT molecular complexity index is 1070. The molecule has 2 N–H and O–H groups in total. The van der Waals surface area contributed by atoms with E-state index in [-0.39, 0.29) is 11.9 Å². The molecule has 30 heavy (non-hydrogen) atoms. The molecule has 0 fully saturated rings. The highest BCUT2D eigenvalue weighted by molar-refractivity contribution is 5.91. The lowest BCUT2D eigenvalue weighted by molar-refractivity contribution is 0.0694. The molecular weight excluding hydrogens is 379 g/mol. The van der Waals surface area contributed by atoms with Crippen LogP contribution in [0.25, 0.3) is 0 Å². The predicted octanol–water partition coefficient (Wildman–Crippen LogP) is 5.16. The van der Waals surface area contributed by atoms with Crippen LogP contribution in [0.15, 0.2) is 48.5 Å². The minimum absolute atomic E-state index is 0.233. The topological polar surface area (TPSA) is 54.3 Å². The lowest BCUT2D eigenvalue weighted by atomic mass is 9.87. The lowest BCUT2D eigenvalue weighted by Gasteiger charge is -2.26. The van der Waals surface area contributed by atoms with Gasteiger partial charge in [0.25, 0.3) is 0 Å². The maximum atomic E-state index is 13.2. The van der Waals surface area contributed by atoms with Gasteiger partial charge in [-0.25, -0.2) is 9.18 Å². The number of carbonyl (C=O) groups is 1. The fourth-order valence-electron chi connectivity index (χ4n) is 4.65. The van der Waals surface area contributed by atoms with E-state index in [1.165, 1.54) is 23.3 Å². The summed E-state index contributed by atoms with van der Waals surface area (Å²) in [6.45, 7) is 4.84. The van der Waals surface area contributed by atoms with E-state index in [4.69, 9.17) is 0 Å². The van der Waals surface area contributed by atoms with E-state index in [1.54, 1.807) is 12.1 Å². The van der Waals surface area contributed by atoms with Gasteiger partial charge in [-0.3, -0.25) is 0 Å². The number of carboxylic acids is 1. The number of nitrogens with zero attached hydrogens (tertiary/aromatic N) is 1. The standard InChI is InChI=1S/C25H27FN2O2/c1-16-22(14-27-23-9-5-7-19-6-3-4-8-21(19)23)24(25(29)30)17(2)28(16)15-18-10-12-20(26)13-11-18/h3-4,6,8,10-13,23,27H,5,7,9,14-15H2,1-2H3,(H,29,30). The summed E-state index contributed by atoms with van der Waals surface area (Å²) in [5.41, 5.74) is 6.49. The van der Waals surface area contributed by atoms with Crippen LogP contribution in [0, 0.1) is 19.7 Å². The van der Waals surface area contributed by atoms with Crippen molar-refractivity contribution < 1.29 is 14.3 Å². The Morgan fingerprint density at radius 1 is 1.13 bits per heavy atom. The third-order valence-corrected chi connectivity index (χ3v) is 6.27. The van der Waals surface area contributed by atoms with Crippen molar-refractivity contribution >= 4 is 5.97 Å². The van der Waals surface area contributed by atoms with E-state index in [0.29, 0.717) is 18.7 Å². The van der Waals surface area contributed by atoms with Gasteiger partial charge in [-0.1, -0.05) is 36.4 Å². The number of hydrogen-bond acceptors (Lipinski definition) is 2. The van der Waals surface area contributed by atoms with E-state index < -0.39 is 5.97 Å². The first-order valence-corrected chi connectivity index (χ1v) is 10.4. The van der Waals surface area contributed by atoms with E-state index >= 15 is 0 Å². The predicted molar refractivity (Wildman–Crippen MR) is 115 cm³/mol. The van der Waals surface area contributed by atoms with Gasteiger partial charge in [0.2, 0.25) is 0 Å².